The van der Waals surface area contributed by atoms with Gasteiger partial charge in [0.1, 0.15) is 5.76 Å². The third-order valence-electron chi connectivity index (χ3n) is 2.82. The highest BCUT2D eigenvalue weighted by molar-refractivity contribution is 5.36. The van der Waals surface area contributed by atoms with Crippen molar-refractivity contribution < 1.29 is 13.7 Å². The van der Waals surface area contributed by atoms with E-state index in [0.717, 1.165) is 11.8 Å². The summed E-state index contributed by atoms with van der Waals surface area (Å²) in [6.45, 7) is 2.06. The van der Waals surface area contributed by atoms with E-state index in [9.17, 15) is 14.5 Å². The Morgan fingerprint density at radius 1 is 1.42 bits per heavy atom. The van der Waals surface area contributed by atoms with Gasteiger partial charge >= 0.3 is 5.69 Å². The van der Waals surface area contributed by atoms with Crippen molar-refractivity contribution in [3.8, 4) is 0 Å². The quantitative estimate of drug-likeness (QED) is 0.665. The van der Waals surface area contributed by atoms with E-state index in [2.05, 4.69) is 5.32 Å². The molecule has 0 aliphatic heterocycles. The van der Waals surface area contributed by atoms with Crippen molar-refractivity contribution >= 4 is 5.69 Å². The zero-order valence-corrected chi connectivity index (χ0v) is 10.3. The Balaban J connectivity index is 2.08. The number of nitrogens with one attached hydrogen (secondary N) is 1. The molecule has 1 heterocycles. The summed E-state index contributed by atoms with van der Waals surface area (Å²) in [7, 11) is 0. The Morgan fingerprint density at radius 2 is 2.21 bits per heavy atom. The second kappa shape index (κ2) is 5.62. The molecule has 0 aliphatic carbocycles. The van der Waals surface area contributed by atoms with Crippen LogP contribution in [-0.4, -0.2) is 4.92 Å². The van der Waals surface area contributed by atoms with E-state index in [1.165, 1.54) is 12.1 Å². The average Bonchev–Trinajstić information content (AvgIpc) is 2.90. The molecular weight excluding hydrogens is 251 g/mol. The summed E-state index contributed by atoms with van der Waals surface area (Å²) in [6, 6.07) is 7.60. The highest BCUT2D eigenvalue weighted by Gasteiger charge is 2.17. The third kappa shape index (κ3) is 2.97. The first kappa shape index (κ1) is 13.2. The minimum Gasteiger partial charge on any atom is -0.468 e. The fourth-order valence-corrected chi connectivity index (χ4v) is 1.75. The molecule has 0 spiro atoms. The van der Waals surface area contributed by atoms with Gasteiger partial charge in [0.05, 0.1) is 17.2 Å². The molecule has 100 valence electrons. The molecule has 0 amide bonds. The van der Waals surface area contributed by atoms with Crippen molar-refractivity contribution in [3.05, 3.63) is 63.9 Å². The summed E-state index contributed by atoms with van der Waals surface area (Å²) in [5, 5.41) is 13.7. The number of rotatable bonds is 5. The number of furan rings is 1. The van der Waals surface area contributed by atoms with Gasteiger partial charge in [-0.25, -0.2) is 0 Å². The second-order valence-electron chi connectivity index (χ2n) is 4.13. The van der Waals surface area contributed by atoms with Gasteiger partial charge in [-0.2, -0.15) is 4.39 Å². The van der Waals surface area contributed by atoms with E-state index in [4.69, 9.17) is 4.42 Å². The van der Waals surface area contributed by atoms with Crippen molar-refractivity contribution in [2.24, 2.45) is 0 Å². The van der Waals surface area contributed by atoms with Gasteiger partial charge in [-0.3, -0.25) is 10.1 Å². The van der Waals surface area contributed by atoms with Gasteiger partial charge in [0.25, 0.3) is 0 Å². The van der Waals surface area contributed by atoms with Crippen LogP contribution in [0.1, 0.15) is 24.3 Å². The lowest BCUT2D eigenvalue weighted by Gasteiger charge is -2.11. The first-order valence-electron chi connectivity index (χ1n) is 5.78. The molecule has 2 aromatic rings. The lowest BCUT2D eigenvalue weighted by molar-refractivity contribution is -0.387. The fraction of sp³-hybridized carbons (Fsp3) is 0.231. The highest BCUT2D eigenvalue weighted by atomic mass is 19.1. The molecule has 19 heavy (non-hydrogen) atoms. The molecule has 0 radical (unpaired) electrons. The van der Waals surface area contributed by atoms with Crippen LogP contribution in [0.5, 0.6) is 0 Å². The van der Waals surface area contributed by atoms with Crippen LogP contribution in [-0.2, 0) is 6.54 Å². The SMILES string of the molecule is C[C@@H](NCc1cccc([N+](=O)[O-])c1F)c1ccco1. The number of benzene rings is 1. The van der Waals surface area contributed by atoms with Gasteiger partial charge < -0.3 is 9.73 Å². The van der Waals surface area contributed by atoms with Crippen LogP contribution in [0.2, 0.25) is 0 Å². The van der Waals surface area contributed by atoms with E-state index in [1.54, 1.807) is 12.3 Å². The summed E-state index contributed by atoms with van der Waals surface area (Å²) >= 11 is 0. The summed E-state index contributed by atoms with van der Waals surface area (Å²) in [5.74, 6) is -0.0718. The van der Waals surface area contributed by atoms with E-state index in [0.29, 0.717) is 0 Å². The van der Waals surface area contributed by atoms with Crippen LogP contribution < -0.4 is 5.32 Å². The molecule has 2 rings (SSSR count). The first-order chi connectivity index (χ1) is 9.09. The van der Waals surface area contributed by atoms with E-state index < -0.39 is 16.4 Å². The average molecular weight is 264 g/mol. The molecule has 0 aliphatic rings. The molecule has 5 nitrogen and oxygen atoms in total. The van der Waals surface area contributed by atoms with Gasteiger partial charge in [0.15, 0.2) is 0 Å². The summed E-state index contributed by atoms with van der Waals surface area (Å²) in [4.78, 5) is 9.90. The lowest BCUT2D eigenvalue weighted by Crippen LogP contribution is -2.18. The molecule has 1 aromatic carbocycles. The predicted molar refractivity (Wildman–Crippen MR) is 67.0 cm³/mol. The molecular formula is C13H13FN2O3. The minimum absolute atomic E-state index is 0.103. The molecule has 6 heteroatoms. The number of halogens is 1. The smallest absolute Gasteiger partial charge is 0.305 e. The maximum absolute atomic E-state index is 13.8. The fourth-order valence-electron chi connectivity index (χ4n) is 1.75. The van der Waals surface area contributed by atoms with Crippen LogP contribution in [0.15, 0.2) is 41.0 Å². The molecule has 0 bridgehead atoms. The zero-order valence-electron chi connectivity index (χ0n) is 10.3. The van der Waals surface area contributed by atoms with Crippen LogP contribution in [0.25, 0.3) is 0 Å². The molecule has 1 N–H and O–H groups in total. The zero-order chi connectivity index (χ0) is 13.8. The highest BCUT2D eigenvalue weighted by Crippen LogP contribution is 2.21. The van der Waals surface area contributed by atoms with Gasteiger partial charge in [-0.15, -0.1) is 0 Å². The third-order valence-corrected chi connectivity index (χ3v) is 2.82. The number of nitro benzene ring substituents is 1. The first-order valence-corrected chi connectivity index (χ1v) is 5.78. The van der Waals surface area contributed by atoms with Crippen molar-refractivity contribution in [2.75, 3.05) is 0 Å². The topological polar surface area (TPSA) is 68.3 Å². The van der Waals surface area contributed by atoms with Gasteiger partial charge in [-0.1, -0.05) is 12.1 Å². The number of hydrogen-bond acceptors (Lipinski definition) is 4. The minimum atomic E-state index is -0.799. The van der Waals surface area contributed by atoms with Crippen molar-refractivity contribution in [1.82, 2.24) is 5.32 Å². The molecule has 0 saturated heterocycles. The molecule has 1 atom stereocenters. The Bertz CT molecular complexity index is 569. The maximum atomic E-state index is 13.8. The summed E-state index contributed by atoms with van der Waals surface area (Å²) in [6.07, 6.45) is 1.56. The molecule has 0 fully saturated rings. The van der Waals surface area contributed by atoms with Crippen molar-refractivity contribution in [2.45, 2.75) is 19.5 Å². The van der Waals surface area contributed by atoms with Crippen molar-refractivity contribution in [1.29, 1.82) is 0 Å². The summed E-state index contributed by atoms with van der Waals surface area (Å²) < 4.78 is 19.0. The van der Waals surface area contributed by atoms with Gasteiger partial charge in [-0.05, 0) is 19.1 Å². The van der Waals surface area contributed by atoms with Crippen LogP contribution in [0.3, 0.4) is 0 Å². The Labute approximate surface area is 109 Å². The Morgan fingerprint density at radius 3 is 2.84 bits per heavy atom. The molecule has 0 unspecified atom stereocenters. The van der Waals surface area contributed by atoms with E-state index in [1.807, 2.05) is 13.0 Å². The molecule has 0 saturated carbocycles. The Kier molecular flexibility index (Phi) is 3.91. The number of nitrogens with zero attached hydrogens (tertiary/aromatic N) is 1. The van der Waals surface area contributed by atoms with Crippen LogP contribution >= 0.6 is 0 Å². The van der Waals surface area contributed by atoms with Crippen LogP contribution in [0, 0.1) is 15.9 Å². The predicted octanol–water partition coefficient (Wildman–Crippen LogP) is 3.18. The number of hydrogen-bond donors (Lipinski definition) is 1. The summed E-state index contributed by atoms with van der Waals surface area (Å²) in [5.41, 5.74) is -0.252. The second-order valence-corrected chi connectivity index (χ2v) is 4.13. The largest absolute Gasteiger partial charge is 0.468 e. The Hall–Kier alpha value is -2.21. The van der Waals surface area contributed by atoms with Gasteiger partial charge in [0.2, 0.25) is 5.82 Å². The van der Waals surface area contributed by atoms with Crippen LogP contribution in [0.4, 0.5) is 10.1 Å². The van der Waals surface area contributed by atoms with E-state index in [-0.39, 0.29) is 18.2 Å². The standard InChI is InChI=1S/C13H13FN2O3/c1-9(12-6-3-7-19-12)15-8-10-4-2-5-11(13(10)14)16(17)18/h2-7,9,15H,8H2,1H3/t9-/m1/s1. The normalized spacial score (nSPS) is 12.3. The monoisotopic (exact) mass is 264 g/mol. The van der Waals surface area contributed by atoms with Gasteiger partial charge in [0, 0.05) is 18.2 Å². The van der Waals surface area contributed by atoms with Crippen molar-refractivity contribution in [3.63, 3.8) is 0 Å². The number of nitro groups is 1. The molecule has 1 aromatic heterocycles. The maximum Gasteiger partial charge on any atom is 0.305 e. The van der Waals surface area contributed by atoms with E-state index >= 15 is 0 Å². The lowest BCUT2D eigenvalue weighted by atomic mass is 10.1.